The number of amides is 1. The van der Waals surface area contributed by atoms with Crippen LogP contribution >= 0.6 is 0 Å². The molecule has 1 aromatic carbocycles. The van der Waals surface area contributed by atoms with E-state index in [-0.39, 0.29) is 12.5 Å². The number of nitrogens with one attached hydrogen (secondary N) is 1. The predicted octanol–water partition coefficient (Wildman–Crippen LogP) is 0.0824. The van der Waals surface area contributed by atoms with E-state index >= 15 is 0 Å². The smallest absolute Gasteiger partial charge is 0.253 e. The summed E-state index contributed by atoms with van der Waals surface area (Å²) in [5.41, 5.74) is 3.41. The molecule has 0 spiro atoms. The Balaban J connectivity index is 1.66. The number of aliphatic hydroxyl groups is 1. The normalized spacial score (nSPS) is 19.4. The molecule has 0 aromatic heterocycles. The molecule has 2 N–H and O–H groups in total. The van der Waals surface area contributed by atoms with E-state index in [0.717, 1.165) is 51.3 Å². The Morgan fingerprint density at radius 3 is 2.76 bits per heavy atom. The zero-order chi connectivity index (χ0) is 14.7. The standard InChI is InChI=1S/C16H23N3O2/c20-10-9-18-5-7-19(8-6-18)16(21)14-2-1-13-3-4-17-12-15(13)11-14/h1-2,11,17,20H,3-10,12H2. The van der Waals surface area contributed by atoms with E-state index in [2.05, 4.69) is 16.3 Å². The van der Waals surface area contributed by atoms with Gasteiger partial charge in [0, 0.05) is 44.8 Å². The maximum atomic E-state index is 12.6. The van der Waals surface area contributed by atoms with Crippen molar-refractivity contribution in [2.24, 2.45) is 0 Å². The first-order valence-corrected chi connectivity index (χ1v) is 7.73. The molecule has 0 atom stereocenters. The molecular formula is C16H23N3O2. The fraction of sp³-hybridized carbons (Fsp3) is 0.562. The molecule has 0 unspecified atom stereocenters. The van der Waals surface area contributed by atoms with Gasteiger partial charge in [-0.15, -0.1) is 0 Å². The average molecular weight is 289 g/mol. The van der Waals surface area contributed by atoms with Gasteiger partial charge in [-0.3, -0.25) is 9.69 Å². The Morgan fingerprint density at radius 2 is 2.00 bits per heavy atom. The van der Waals surface area contributed by atoms with Crippen molar-refractivity contribution >= 4 is 5.91 Å². The number of fused-ring (bicyclic) bond motifs is 1. The number of benzene rings is 1. The Bertz CT molecular complexity index is 510. The van der Waals surface area contributed by atoms with Gasteiger partial charge in [-0.05, 0) is 36.2 Å². The number of hydrogen-bond acceptors (Lipinski definition) is 4. The molecule has 1 aromatic rings. The molecule has 21 heavy (non-hydrogen) atoms. The second-order valence-corrected chi connectivity index (χ2v) is 5.77. The lowest BCUT2D eigenvalue weighted by Gasteiger charge is -2.34. The van der Waals surface area contributed by atoms with Gasteiger partial charge in [0.1, 0.15) is 0 Å². The van der Waals surface area contributed by atoms with Crippen LogP contribution in [0.25, 0.3) is 0 Å². The van der Waals surface area contributed by atoms with Crippen LogP contribution in [0.5, 0.6) is 0 Å². The summed E-state index contributed by atoms with van der Waals surface area (Å²) in [7, 11) is 0. The lowest BCUT2D eigenvalue weighted by Crippen LogP contribution is -2.49. The minimum absolute atomic E-state index is 0.132. The molecule has 114 valence electrons. The van der Waals surface area contributed by atoms with Crippen molar-refractivity contribution in [1.82, 2.24) is 15.1 Å². The zero-order valence-electron chi connectivity index (χ0n) is 12.3. The average Bonchev–Trinajstić information content (AvgIpc) is 2.55. The lowest BCUT2D eigenvalue weighted by molar-refractivity contribution is 0.0615. The van der Waals surface area contributed by atoms with Crippen molar-refractivity contribution in [2.75, 3.05) is 45.9 Å². The van der Waals surface area contributed by atoms with Gasteiger partial charge in [0.15, 0.2) is 0 Å². The van der Waals surface area contributed by atoms with Gasteiger partial charge in [0.25, 0.3) is 5.91 Å². The third kappa shape index (κ3) is 3.26. The predicted molar refractivity (Wildman–Crippen MR) is 81.3 cm³/mol. The fourth-order valence-corrected chi connectivity index (χ4v) is 3.11. The zero-order valence-corrected chi connectivity index (χ0v) is 12.3. The van der Waals surface area contributed by atoms with Crippen molar-refractivity contribution in [3.8, 4) is 0 Å². The molecule has 2 aliphatic heterocycles. The Morgan fingerprint density at radius 1 is 1.19 bits per heavy atom. The van der Waals surface area contributed by atoms with Crippen LogP contribution in [0, 0.1) is 0 Å². The molecule has 3 rings (SSSR count). The summed E-state index contributed by atoms with van der Waals surface area (Å²) >= 11 is 0. The highest BCUT2D eigenvalue weighted by atomic mass is 16.3. The second kappa shape index (κ2) is 6.56. The van der Waals surface area contributed by atoms with Crippen LogP contribution in [0.3, 0.4) is 0 Å². The van der Waals surface area contributed by atoms with E-state index in [0.29, 0.717) is 6.54 Å². The number of piperazine rings is 1. The van der Waals surface area contributed by atoms with Gasteiger partial charge in [0.05, 0.1) is 6.61 Å². The molecule has 5 heteroatoms. The molecule has 5 nitrogen and oxygen atoms in total. The minimum atomic E-state index is 0.132. The Labute approximate surface area is 125 Å². The fourth-order valence-electron chi connectivity index (χ4n) is 3.11. The van der Waals surface area contributed by atoms with E-state index < -0.39 is 0 Å². The molecule has 0 aliphatic carbocycles. The van der Waals surface area contributed by atoms with Gasteiger partial charge >= 0.3 is 0 Å². The quantitative estimate of drug-likeness (QED) is 0.828. The summed E-state index contributed by atoms with van der Waals surface area (Å²) in [6.07, 6.45) is 1.05. The molecule has 0 saturated carbocycles. The van der Waals surface area contributed by atoms with E-state index in [1.165, 1.54) is 11.1 Å². The number of rotatable bonds is 3. The highest BCUT2D eigenvalue weighted by Gasteiger charge is 2.22. The monoisotopic (exact) mass is 289 g/mol. The van der Waals surface area contributed by atoms with Gasteiger partial charge in [0.2, 0.25) is 0 Å². The van der Waals surface area contributed by atoms with E-state index in [9.17, 15) is 4.79 Å². The van der Waals surface area contributed by atoms with Gasteiger partial charge in [-0.25, -0.2) is 0 Å². The second-order valence-electron chi connectivity index (χ2n) is 5.77. The molecule has 1 saturated heterocycles. The van der Waals surface area contributed by atoms with Crippen molar-refractivity contribution in [1.29, 1.82) is 0 Å². The molecular weight excluding hydrogens is 266 g/mol. The lowest BCUT2D eigenvalue weighted by atomic mass is 9.98. The first kappa shape index (κ1) is 14.5. The summed E-state index contributed by atoms with van der Waals surface area (Å²) in [6, 6.07) is 6.11. The molecule has 1 amide bonds. The van der Waals surface area contributed by atoms with E-state index in [1.54, 1.807) is 0 Å². The third-order valence-electron chi connectivity index (χ3n) is 4.42. The van der Waals surface area contributed by atoms with Gasteiger partial charge in [-0.2, -0.15) is 0 Å². The van der Waals surface area contributed by atoms with Crippen LogP contribution in [0.4, 0.5) is 0 Å². The molecule has 1 fully saturated rings. The summed E-state index contributed by atoms with van der Waals surface area (Å²) < 4.78 is 0. The highest BCUT2D eigenvalue weighted by Crippen LogP contribution is 2.17. The van der Waals surface area contributed by atoms with Crippen LogP contribution in [0.1, 0.15) is 21.5 Å². The third-order valence-corrected chi connectivity index (χ3v) is 4.42. The summed E-state index contributed by atoms with van der Waals surface area (Å²) in [4.78, 5) is 16.7. The summed E-state index contributed by atoms with van der Waals surface area (Å²) in [5, 5.41) is 12.3. The molecule has 0 bridgehead atoms. The molecule has 2 aliphatic rings. The number of β-amino-alcohol motifs (C(OH)–C–C–N with tert-alkyl or cyclic N) is 1. The van der Waals surface area contributed by atoms with Crippen LogP contribution in [-0.4, -0.2) is 66.7 Å². The number of aliphatic hydroxyl groups excluding tert-OH is 1. The minimum Gasteiger partial charge on any atom is -0.395 e. The maximum Gasteiger partial charge on any atom is 0.253 e. The SMILES string of the molecule is O=C(c1ccc2c(c1)CNCC2)N1CCN(CCO)CC1. The van der Waals surface area contributed by atoms with Crippen LogP contribution < -0.4 is 5.32 Å². The van der Waals surface area contributed by atoms with E-state index in [4.69, 9.17) is 5.11 Å². The van der Waals surface area contributed by atoms with Gasteiger partial charge < -0.3 is 15.3 Å². The van der Waals surface area contributed by atoms with Crippen molar-refractivity contribution in [2.45, 2.75) is 13.0 Å². The maximum absolute atomic E-state index is 12.6. The number of carbonyl (C=O) groups excluding carboxylic acids is 1. The first-order valence-electron chi connectivity index (χ1n) is 7.73. The number of nitrogens with zero attached hydrogens (tertiary/aromatic N) is 2. The molecule has 2 heterocycles. The van der Waals surface area contributed by atoms with Gasteiger partial charge in [-0.1, -0.05) is 6.07 Å². The van der Waals surface area contributed by atoms with Crippen molar-refractivity contribution in [3.05, 3.63) is 34.9 Å². The highest BCUT2D eigenvalue weighted by molar-refractivity contribution is 5.94. The summed E-state index contributed by atoms with van der Waals surface area (Å²) in [6.45, 7) is 5.95. The Hall–Kier alpha value is -1.43. The molecule has 0 radical (unpaired) electrons. The number of hydrogen-bond donors (Lipinski definition) is 2. The first-order chi connectivity index (χ1) is 10.3. The largest absolute Gasteiger partial charge is 0.395 e. The summed E-state index contributed by atoms with van der Waals surface area (Å²) in [5.74, 6) is 0.132. The van der Waals surface area contributed by atoms with Crippen LogP contribution in [0.2, 0.25) is 0 Å². The Kier molecular flexibility index (Phi) is 4.53. The number of carbonyl (C=O) groups is 1. The van der Waals surface area contributed by atoms with E-state index in [1.807, 2.05) is 17.0 Å². The van der Waals surface area contributed by atoms with Crippen LogP contribution in [0.15, 0.2) is 18.2 Å². The van der Waals surface area contributed by atoms with Crippen molar-refractivity contribution in [3.63, 3.8) is 0 Å². The van der Waals surface area contributed by atoms with Crippen molar-refractivity contribution < 1.29 is 9.90 Å². The topological polar surface area (TPSA) is 55.8 Å². The van der Waals surface area contributed by atoms with Crippen LogP contribution in [-0.2, 0) is 13.0 Å².